The van der Waals surface area contributed by atoms with Gasteiger partial charge in [0.05, 0.1) is 13.2 Å². The number of methoxy groups -OCH3 is 1. The van der Waals surface area contributed by atoms with Crippen LogP contribution < -0.4 is 16.0 Å². The molecule has 1 unspecified atom stereocenters. The van der Waals surface area contributed by atoms with E-state index in [-0.39, 0.29) is 6.04 Å². The van der Waals surface area contributed by atoms with E-state index in [1.165, 1.54) is 6.33 Å². The first-order valence-corrected chi connectivity index (χ1v) is 5.67. The van der Waals surface area contributed by atoms with E-state index in [1.54, 1.807) is 11.8 Å². The van der Waals surface area contributed by atoms with Crippen molar-refractivity contribution in [3.8, 4) is 5.75 Å². The molecule has 96 valence electrons. The fourth-order valence-electron chi connectivity index (χ4n) is 1.80. The summed E-state index contributed by atoms with van der Waals surface area (Å²) in [5, 5.41) is 4.04. The van der Waals surface area contributed by atoms with Gasteiger partial charge in [-0.3, -0.25) is 16.0 Å². The second-order valence-corrected chi connectivity index (χ2v) is 4.00. The lowest BCUT2D eigenvalue weighted by molar-refractivity contribution is 0.414. The van der Waals surface area contributed by atoms with E-state index in [0.29, 0.717) is 6.42 Å². The Morgan fingerprint density at radius 1 is 1.39 bits per heavy atom. The van der Waals surface area contributed by atoms with Crippen molar-refractivity contribution in [3.05, 3.63) is 42.0 Å². The predicted molar refractivity (Wildman–Crippen MR) is 67.8 cm³/mol. The quantitative estimate of drug-likeness (QED) is 0.596. The Hall–Kier alpha value is -1.92. The SMILES string of the molecule is COc1ccc(C(Cc2ncnn2C)NN)cc1. The van der Waals surface area contributed by atoms with Crippen LogP contribution in [0.15, 0.2) is 30.6 Å². The summed E-state index contributed by atoms with van der Waals surface area (Å²) in [6.07, 6.45) is 2.22. The molecule has 2 aromatic rings. The molecule has 0 spiro atoms. The van der Waals surface area contributed by atoms with E-state index in [4.69, 9.17) is 10.6 Å². The molecule has 1 atom stereocenters. The van der Waals surface area contributed by atoms with Crippen LogP contribution in [-0.2, 0) is 13.5 Å². The Morgan fingerprint density at radius 2 is 2.11 bits per heavy atom. The summed E-state index contributed by atoms with van der Waals surface area (Å²) in [5.41, 5.74) is 3.88. The molecule has 3 N–H and O–H groups in total. The van der Waals surface area contributed by atoms with Gasteiger partial charge >= 0.3 is 0 Å². The molecule has 0 aliphatic carbocycles. The fraction of sp³-hybridized carbons (Fsp3) is 0.333. The number of hydrogen-bond donors (Lipinski definition) is 2. The minimum absolute atomic E-state index is 0.00111. The van der Waals surface area contributed by atoms with Gasteiger partial charge < -0.3 is 4.74 Å². The normalized spacial score (nSPS) is 12.4. The number of nitrogens with zero attached hydrogens (tertiary/aromatic N) is 3. The third kappa shape index (κ3) is 2.66. The van der Waals surface area contributed by atoms with Crippen LogP contribution in [0.2, 0.25) is 0 Å². The molecule has 0 saturated carbocycles. The first-order valence-electron chi connectivity index (χ1n) is 5.67. The van der Waals surface area contributed by atoms with Crippen LogP contribution in [0.3, 0.4) is 0 Å². The summed E-state index contributed by atoms with van der Waals surface area (Å²) >= 11 is 0. The Kier molecular flexibility index (Phi) is 3.91. The van der Waals surface area contributed by atoms with Crippen LogP contribution in [0.5, 0.6) is 5.75 Å². The second-order valence-electron chi connectivity index (χ2n) is 4.00. The summed E-state index contributed by atoms with van der Waals surface area (Å²) in [7, 11) is 3.51. The molecule has 0 radical (unpaired) electrons. The van der Waals surface area contributed by atoms with Gasteiger partial charge in [-0.15, -0.1) is 0 Å². The first kappa shape index (κ1) is 12.5. The van der Waals surface area contributed by atoms with Gasteiger partial charge in [0.15, 0.2) is 0 Å². The van der Waals surface area contributed by atoms with Crippen molar-refractivity contribution in [2.45, 2.75) is 12.5 Å². The third-order valence-corrected chi connectivity index (χ3v) is 2.91. The molecule has 6 nitrogen and oxygen atoms in total. The minimum atomic E-state index is -0.00111. The van der Waals surface area contributed by atoms with Gasteiger partial charge in [-0.1, -0.05) is 12.1 Å². The standard InChI is InChI=1S/C12H17N5O/c1-17-12(14-8-15-17)7-11(16-13)9-3-5-10(18-2)6-4-9/h3-6,8,11,16H,7,13H2,1-2H3. The zero-order valence-corrected chi connectivity index (χ0v) is 10.5. The van der Waals surface area contributed by atoms with Gasteiger partial charge in [0.25, 0.3) is 0 Å². The first-order chi connectivity index (χ1) is 8.74. The maximum Gasteiger partial charge on any atom is 0.138 e. The number of benzene rings is 1. The van der Waals surface area contributed by atoms with Crippen molar-refractivity contribution in [2.24, 2.45) is 12.9 Å². The van der Waals surface area contributed by atoms with Crippen LogP contribution in [-0.4, -0.2) is 21.9 Å². The Labute approximate surface area is 106 Å². The number of ether oxygens (including phenoxy) is 1. The largest absolute Gasteiger partial charge is 0.497 e. The van der Waals surface area contributed by atoms with E-state index in [1.807, 2.05) is 31.3 Å². The van der Waals surface area contributed by atoms with E-state index in [9.17, 15) is 0 Å². The number of rotatable bonds is 5. The average Bonchev–Trinajstić information content (AvgIpc) is 2.81. The number of aryl methyl sites for hydroxylation is 1. The van der Waals surface area contributed by atoms with E-state index < -0.39 is 0 Å². The van der Waals surface area contributed by atoms with Gasteiger partial charge in [-0.2, -0.15) is 5.10 Å². The monoisotopic (exact) mass is 247 g/mol. The Morgan fingerprint density at radius 3 is 2.61 bits per heavy atom. The van der Waals surface area contributed by atoms with Gasteiger partial charge in [-0.05, 0) is 17.7 Å². The molecule has 0 aliphatic rings. The number of nitrogens with one attached hydrogen (secondary N) is 1. The molecule has 0 fully saturated rings. The third-order valence-electron chi connectivity index (χ3n) is 2.91. The summed E-state index contributed by atoms with van der Waals surface area (Å²) in [6.45, 7) is 0. The van der Waals surface area contributed by atoms with Crippen LogP contribution in [0, 0.1) is 0 Å². The molecule has 0 amide bonds. The zero-order valence-electron chi connectivity index (χ0n) is 10.5. The van der Waals surface area contributed by atoms with Crippen molar-refractivity contribution in [1.29, 1.82) is 0 Å². The van der Waals surface area contributed by atoms with Crippen molar-refractivity contribution in [3.63, 3.8) is 0 Å². The molecular weight excluding hydrogens is 230 g/mol. The number of aromatic nitrogens is 3. The minimum Gasteiger partial charge on any atom is -0.497 e. The van der Waals surface area contributed by atoms with Crippen molar-refractivity contribution >= 4 is 0 Å². The smallest absolute Gasteiger partial charge is 0.138 e. The highest BCUT2D eigenvalue weighted by Gasteiger charge is 2.13. The highest BCUT2D eigenvalue weighted by Crippen LogP contribution is 2.19. The lowest BCUT2D eigenvalue weighted by Gasteiger charge is -2.16. The van der Waals surface area contributed by atoms with E-state index in [2.05, 4.69) is 15.5 Å². The Balaban J connectivity index is 2.15. The van der Waals surface area contributed by atoms with Gasteiger partial charge in [-0.25, -0.2) is 4.98 Å². The van der Waals surface area contributed by atoms with Crippen molar-refractivity contribution in [1.82, 2.24) is 20.2 Å². The topological polar surface area (TPSA) is 78.0 Å². The zero-order chi connectivity index (χ0) is 13.0. The van der Waals surface area contributed by atoms with Gasteiger partial charge in [0.1, 0.15) is 17.9 Å². The summed E-state index contributed by atoms with van der Waals surface area (Å²) in [5.74, 6) is 7.31. The fourth-order valence-corrected chi connectivity index (χ4v) is 1.80. The Bertz CT molecular complexity index is 493. The lowest BCUT2D eigenvalue weighted by atomic mass is 10.0. The van der Waals surface area contributed by atoms with Gasteiger partial charge in [0, 0.05) is 13.5 Å². The summed E-state index contributed by atoms with van der Waals surface area (Å²) in [4.78, 5) is 4.19. The number of hydrogen-bond acceptors (Lipinski definition) is 5. The molecule has 1 aromatic heterocycles. The average molecular weight is 247 g/mol. The van der Waals surface area contributed by atoms with Crippen molar-refractivity contribution in [2.75, 3.05) is 7.11 Å². The molecule has 0 aliphatic heterocycles. The van der Waals surface area contributed by atoms with Crippen molar-refractivity contribution < 1.29 is 4.74 Å². The molecule has 2 rings (SSSR count). The number of nitrogens with two attached hydrogens (primary N) is 1. The molecule has 0 bridgehead atoms. The molecule has 6 heteroatoms. The molecular formula is C12H17N5O. The van der Waals surface area contributed by atoms with E-state index >= 15 is 0 Å². The summed E-state index contributed by atoms with van der Waals surface area (Å²) in [6, 6.07) is 7.80. The van der Waals surface area contributed by atoms with Crippen LogP contribution in [0.4, 0.5) is 0 Å². The van der Waals surface area contributed by atoms with Crippen LogP contribution >= 0.6 is 0 Å². The molecule has 0 saturated heterocycles. The highest BCUT2D eigenvalue weighted by molar-refractivity contribution is 5.29. The maximum absolute atomic E-state index is 5.60. The predicted octanol–water partition coefficient (Wildman–Crippen LogP) is 0.571. The van der Waals surface area contributed by atoms with Gasteiger partial charge in [0.2, 0.25) is 0 Å². The van der Waals surface area contributed by atoms with E-state index in [0.717, 1.165) is 17.1 Å². The van der Waals surface area contributed by atoms with Crippen LogP contribution in [0.1, 0.15) is 17.4 Å². The maximum atomic E-state index is 5.60. The van der Waals surface area contributed by atoms with Crippen LogP contribution in [0.25, 0.3) is 0 Å². The number of hydrazine groups is 1. The lowest BCUT2D eigenvalue weighted by Crippen LogP contribution is -2.30. The highest BCUT2D eigenvalue weighted by atomic mass is 16.5. The second kappa shape index (κ2) is 5.61. The molecule has 1 heterocycles. The molecule has 1 aromatic carbocycles. The summed E-state index contributed by atoms with van der Waals surface area (Å²) < 4.78 is 6.87. The molecule has 18 heavy (non-hydrogen) atoms.